The molecule has 0 saturated carbocycles. The topological polar surface area (TPSA) is 66.6 Å². The van der Waals surface area contributed by atoms with E-state index in [2.05, 4.69) is 17.9 Å². The summed E-state index contributed by atoms with van der Waals surface area (Å²) in [7, 11) is 0. The van der Waals surface area contributed by atoms with E-state index in [1.807, 2.05) is 23.1 Å². The third-order valence-electron chi connectivity index (χ3n) is 5.61. The molecule has 2 N–H and O–H groups in total. The van der Waals surface area contributed by atoms with Crippen LogP contribution in [0, 0.1) is 0 Å². The Morgan fingerprint density at radius 2 is 1.84 bits per heavy atom. The zero-order valence-corrected chi connectivity index (χ0v) is 15.1. The van der Waals surface area contributed by atoms with E-state index in [4.69, 9.17) is 5.73 Å². The number of benzene rings is 1. The number of carbonyl (C=O) groups is 2. The lowest BCUT2D eigenvalue weighted by Gasteiger charge is -2.38. The Bertz CT molecular complexity index is 623. The van der Waals surface area contributed by atoms with Crippen molar-refractivity contribution in [2.45, 2.75) is 57.5 Å². The number of primary amides is 1. The first kappa shape index (κ1) is 17.9. The minimum atomic E-state index is -0.204. The molecule has 0 aliphatic carbocycles. The van der Waals surface area contributed by atoms with Gasteiger partial charge in [-0.2, -0.15) is 0 Å². The van der Waals surface area contributed by atoms with Gasteiger partial charge in [0.1, 0.15) is 0 Å². The summed E-state index contributed by atoms with van der Waals surface area (Å²) in [5.74, 6) is -0.0557. The van der Waals surface area contributed by atoms with Crippen molar-refractivity contribution in [2.75, 3.05) is 19.6 Å². The average molecular weight is 343 g/mol. The highest BCUT2D eigenvalue weighted by Crippen LogP contribution is 2.27. The summed E-state index contributed by atoms with van der Waals surface area (Å²) in [5, 5.41) is 0. The van der Waals surface area contributed by atoms with Crippen molar-refractivity contribution in [1.29, 1.82) is 0 Å². The number of carbonyl (C=O) groups excluding carboxylic acids is 2. The van der Waals surface area contributed by atoms with Gasteiger partial charge in [-0.25, -0.2) is 0 Å². The second kappa shape index (κ2) is 8.00. The smallest absolute Gasteiger partial charge is 0.254 e. The van der Waals surface area contributed by atoms with Crippen LogP contribution in [0.3, 0.4) is 0 Å². The van der Waals surface area contributed by atoms with Crippen LogP contribution in [-0.2, 0) is 11.2 Å². The van der Waals surface area contributed by atoms with E-state index in [1.54, 1.807) is 0 Å². The third-order valence-corrected chi connectivity index (χ3v) is 5.61. The predicted molar refractivity (Wildman–Crippen MR) is 98.3 cm³/mol. The zero-order chi connectivity index (χ0) is 17.8. The molecule has 2 fully saturated rings. The van der Waals surface area contributed by atoms with Crippen molar-refractivity contribution >= 4 is 11.8 Å². The summed E-state index contributed by atoms with van der Waals surface area (Å²) in [6.45, 7) is 4.60. The summed E-state index contributed by atoms with van der Waals surface area (Å²) in [4.78, 5) is 28.8. The molecule has 0 aromatic heterocycles. The SMILES string of the molecule is CCCc1ccccc1C(=O)N1CCC(N2CCCC2C(N)=O)CC1. The summed E-state index contributed by atoms with van der Waals surface area (Å²) < 4.78 is 0. The number of nitrogens with zero attached hydrogens (tertiary/aromatic N) is 2. The van der Waals surface area contributed by atoms with Crippen LogP contribution >= 0.6 is 0 Å². The van der Waals surface area contributed by atoms with Gasteiger partial charge in [0.05, 0.1) is 6.04 Å². The van der Waals surface area contributed by atoms with Crippen LogP contribution in [0.2, 0.25) is 0 Å². The van der Waals surface area contributed by atoms with Crippen molar-refractivity contribution in [3.05, 3.63) is 35.4 Å². The maximum atomic E-state index is 12.9. The first-order valence-electron chi connectivity index (χ1n) is 9.54. The van der Waals surface area contributed by atoms with Crippen LogP contribution < -0.4 is 5.73 Å². The lowest BCUT2D eigenvalue weighted by Crippen LogP contribution is -2.51. The van der Waals surface area contributed by atoms with Crippen molar-refractivity contribution in [2.24, 2.45) is 5.73 Å². The van der Waals surface area contributed by atoms with E-state index in [0.29, 0.717) is 6.04 Å². The maximum Gasteiger partial charge on any atom is 0.254 e. The van der Waals surface area contributed by atoms with E-state index in [-0.39, 0.29) is 17.9 Å². The van der Waals surface area contributed by atoms with Crippen LogP contribution in [0.5, 0.6) is 0 Å². The van der Waals surface area contributed by atoms with E-state index in [0.717, 1.165) is 69.3 Å². The van der Waals surface area contributed by atoms with Crippen LogP contribution in [0.15, 0.2) is 24.3 Å². The molecule has 1 unspecified atom stereocenters. The van der Waals surface area contributed by atoms with Gasteiger partial charge < -0.3 is 10.6 Å². The van der Waals surface area contributed by atoms with E-state index in [1.165, 1.54) is 0 Å². The molecular formula is C20H29N3O2. The lowest BCUT2D eigenvalue weighted by atomic mass is 9.98. The second-order valence-corrected chi connectivity index (χ2v) is 7.23. The van der Waals surface area contributed by atoms with Crippen LogP contribution in [0.4, 0.5) is 0 Å². The standard InChI is InChI=1S/C20H29N3O2/c1-2-6-15-7-3-4-8-17(15)20(25)22-13-10-16(11-14-22)23-12-5-9-18(23)19(21)24/h3-4,7-8,16,18H,2,5-6,9-14H2,1H3,(H2,21,24). The maximum absolute atomic E-state index is 12.9. The van der Waals surface area contributed by atoms with Crippen LogP contribution in [0.25, 0.3) is 0 Å². The highest BCUT2D eigenvalue weighted by Gasteiger charge is 2.36. The quantitative estimate of drug-likeness (QED) is 0.891. The Labute approximate surface area is 150 Å². The molecule has 5 nitrogen and oxygen atoms in total. The second-order valence-electron chi connectivity index (χ2n) is 7.23. The Kier molecular flexibility index (Phi) is 5.74. The van der Waals surface area contributed by atoms with E-state index >= 15 is 0 Å². The summed E-state index contributed by atoms with van der Waals surface area (Å²) in [5.41, 5.74) is 7.54. The molecular weight excluding hydrogens is 314 g/mol. The molecule has 1 atom stereocenters. The number of amides is 2. The summed E-state index contributed by atoms with van der Waals surface area (Å²) in [6.07, 6.45) is 5.73. The Balaban J connectivity index is 1.62. The Hall–Kier alpha value is -1.88. The number of hydrogen-bond acceptors (Lipinski definition) is 3. The highest BCUT2D eigenvalue weighted by molar-refractivity contribution is 5.95. The molecule has 1 aromatic carbocycles. The molecule has 2 aliphatic rings. The molecule has 0 radical (unpaired) electrons. The molecule has 5 heteroatoms. The number of nitrogens with two attached hydrogens (primary N) is 1. The molecule has 2 heterocycles. The van der Waals surface area contributed by atoms with E-state index in [9.17, 15) is 9.59 Å². The normalized spacial score (nSPS) is 22.3. The summed E-state index contributed by atoms with van der Waals surface area (Å²) >= 11 is 0. The van der Waals surface area contributed by atoms with Crippen LogP contribution in [0.1, 0.15) is 54.9 Å². The third kappa shape index (κ3) is 3.87. The van der Waals surface area contributed by atoms with Gasteiger partial charge in [0.15, 0.2) is 0 Å². The lowest BCUT2D eigenvalue weighted by molar-refractivity contribution is -0.123. The molecule has 1 aromatic rings. The first-order valence-corrected chi connectivity index (χ1v) is 9.54. The number of likely N-dealkylation sites (tertiary alicyclic amines) is 2. The molecule has 0 spiro atoms. The molecule has 2 saturated heterocycles. The molecule has 2 aliphatic heterocycles. The van der Waals surface area contributed by atoms with E-state index < -0.39 is 0 Å². The number of piperidine rings is 1. The Morgan fingerprint density at radius 1 is 1.12 bits per heavy atom. The fraction of sp³-hybridized carbons (Fsp3) is 0.600. The number of hydrogen-bond donors (Lipinski definition) is 1. The fourth-order valence-corrected chi connectivity index (χ4v) is 4.32. The van der Waals surface area contributed by atoms with Gasteiger partial charge in [0.25, 0.3) is 5.91 Å². The largest absolute Gasteiger partial charge is 0.368 e. The number of rotatable bonds is 5. The highest BCUT2D eigenvalue weighted by atomic mass is 16.2. The first-order chi connectivity index (χ1) is 12.1. The minimum absolute atomic E-state index is 0.113. The fourth-order valence-electron chi connectivity index (χ4n) is 4.32. The number of aryl methyl sites for hydroxylation is 1. The van der Waals surface area contributed by atoms with Gasteiger partial charge in [-0.05, 0) is 50.3 Å². The summed E-state index contributed by atoms with van der Waals surface area (Å²) in [6, 6.07) is 8.22. The monoisotopic (exact) mass is 343 g/mol. The van der Waals surface area contributed by atoms with Gasteiger partial charge in [-0.1, -0.05) is 31.5 Å². The van der Waals surface area contributed by atoms with Crippen LogP contribution in [-0.4, -0.2) is 53.3 Å². The molecule has 2 amide bonds. The van der Waals surface area contributed by atoms with Crippen molar-refractivity contribution < 1.29 is 9.59 Å². The molecule has 25 heavy (non-hydrogen) atoms. The zero-order valence-electron chi connectivity index (χ0n) is 15.1. The minimum Gasteiger partial charge on any atom is -0.368 e. The Morgan fingerprint density at radius 3 is 2.52 bits per heavy atom. The van der Waals surface area contributed by atoms with Crippen molar-refractivity contribution in [3.8, 4) is 0 Å². The van der Waals surface area contributed by atoms with Gasteiger partial charge in [0.2, 0.25) is 5.91 Å². The van der Waals surface area contributed by atoms with Gasteiger partial charge in [-0.3, -0.25) is 14.5 Å². The molecule has 136 valence electrons. The predicted octanol–water partition coefficient (Wildman–Crippen LogP) is 2.19. The van der Waals surface area contributed by atoms with Crippen molar-refractivity contribution in [1.82, 2.24) is 9.80 Å². The average Bonchev–Trinajstić information content (AvgIpc) is 3.12. The van der Waals surface area contributed by atoms with Gasteiger partial charge in [0, 0.05) is 24.7 Å². The molecule has 0 bridgehead atoms. The van der Waals surface area contributed by atoms with Crippen molar-refractivity contribution in [3.63, 3.8) is 0 Å². The van der Waals surface area contributed by atoms with Gasteiger partial charge >= 0.3 is 0 Å². The van der Waals surface area contributed by atoms with Gasteiger partial charge in [-0.15, -0.1) is 0 Å². The molecule has 3 rings (SSSR count).